The molecule has 0 N–H and O–H groups in total. The zero-order valence-electron chi connectivity index (χ0n) is 19.5. The van der Waals surface area contributed by atoms with Gasteiger partial charge in [-0.1, -0.05) is 78.8 Å². The Morgan fingerprint density at radius 2 is 1.70 bits per heavy atom. The van der Waals surface area contributed by atoms with Gasteiger partial charge in [0.2, 0.25) is 5.91 Å². The maximum Gasteiger partial charge on any atom is 0.237 e. The highest BCUT2D eigenvalue weighted by atomic mass is 32.2. The minimum Gasteiger partial charge on any atom is -0.306 e. The molecule has 1 aromatic heterocycles. The van der Waals surface area contributed by atoms with Crippen LogP contribution in [0.4, 0.5) is 5.69 Å². The summed E-state index contributed by atoms with van der Waals surface area (Å²) >= 11 is 3.19. The zero-order chi connectivity index (χ0) is 23.2. The molecule has 0 spiro atoms. The van der Waals surface area contributed by atoms with Crippen LogP contribution in [0.3, 0.4) is 0 Å². The molecule has 4 aromatic rings. The minimum absolute atomic E-state index is 0.127. The second-order valence-corrected chi connectivity index (χ2v) is 11.9. The van der Waals surface area contributed by atoms with E-state index in [1.807, 2.05) is 29.2 Å². The molecule has 168 valence electrons. The Labute approximate surface area is 203 Å². The van der Waals surface area contributed by atoms with Gasteiger partial charge in [0.25, 0.3) is 0 Å². The molecule has 0 bridgehead atoms. The lowest BCUT2D eigenvalue weighted by Crippen LogP contribution is -2.56. The highest BCUT2D eigenvalue weighted by molar-refractivity contribution is 8.01. The molecule has 0 aliphatic carbocycles. The number of hydrogen-bond acceptors (Lipinski definition) is 4. The summed E-state index contributed by atoms with van der Waals surface area (Å²) < 4.78 is 2.10. The summed E-state index contributed by atoms with van der Waals surface area (Å²) in [4.78, 5) is 20.4. The summed E-state index contributed by atoms with van der Waals surface area (Å²) in [5, 5.41) is 0. The van der Waals surface area contributed by atoms with Gasteiger partial charge < -0.3 is 4.90 Å². The molecular weight excluding hydrogens is 444 g/mol. The van der Waals surface area contributed by atoms with Gasteiger partial charge in [-0.05, 0) is 56.5 Å². The van der Waals surface area contributed by atoms with Gasteiger partial charge in [0.15, 0.2) is 4.34 Å². The van der Waals surface area contributed by atoms with Crippen LogP contribution < -0.4 is 4.90 Å². The number of anilines is 1. The fraction of sp³-hybridized carbons (Fsp3) is 0.286. The van der Waals surface area contributed by atoms with Gasteiger partial charge in [0.05, 0.1) is 16.0 Å². The number of nitrogens with zero attached hydrogens (tertiary/aromatic N) is 2. The third-order valence-electron chi connectivity index (χ3n) is 6.66. The van der Waals surface area contributed by atoms with Crippen LogP contribution in [0.25, 0.3) is 10.2 Å². The van der Waals surface area contributed by atoms with E-state index in [4.69, 9.17) is 4.98 Å². The Bertz CT molecular complexity index is 1290. The highest BCUT2D eigenvalue weighted by Crippen LogP contribution is 2.50. The maximum atomic E-state index is 13.6. The predicted molar refractivity (Wildman–Crippen MR) is 141 cm³/mol. The predicted octanol–water partition coefficient (Wildman–Crippen LogP) is 7.22. The standard InChI is InChI=1S/C28H28N2OS2/c1-19-13-15-20(16-14-19)28(4)18-27(2,3)30(23-11-7-5-9-21(23)28)25(31)17-32-26-29-22-10-6-8-12-24(22)33-26/h5-16H,17-18H2,1-4H3/t28-/m1/s1. The second kappa shape index (κ2) is 8.30. The van der Waals surface area contributed by atoms with Gasteiger partial charge in [0.1, 0.15) is 0 Å². The average Bonchev–Trinajstić information content (AvgIpc) is 3.20. The van der Waals surface area contributed by atoms with Gasteiger partial charge in [0, 0.05) is 16.6 Å². The molecule has 2 heterocycles. The van der Waals surface area contributed by atoms with Gasteiger partial charge in [-0.15, -0.1) is 11.3 Å². The zero-order valence-corrected chi connectivity index (χ0v) is 21.1. The number of fused-ring (bicyclic) bond motifs is 2. The van der Waals surface area contributed by atoms with Gasteiger partial charge >= 0.3 is 0 Å². The Hall–Kier alpha value is -2.63. The minimum atomic E-state index is -0.320. The number of para-hydroxylation sites is 2. The smallest absolute Gasteiger partial charge is 0.237 e. The summed E-state index contributed by atoms with van der Waals surface area (Å²) in [6.45, 7) is 8.82. The number of rotatable bonds is 4. The van der Waals surface area contributed by atoms with Crippen LogP contribution >= 0.6 is 23.1 Å². The van der Waals surface area contributed by atoms with Crippen molar-refractivity contribution < 1.29 is 4.79 Å². The van der Waals surface area contributed by atoms with E-state index in [-0.39, 0.29) is 16.9 Å². The SMILES string of the molecule is Cc1ccc([C@@]2(C)CC(C)(C)N(C(=O)CSc3nc4ccccc4s3)c3ccccc32)cc1. The van der Waals surface area contributed by atoms with Crippen LogP contribution in [0, 0.1) is 6.92 Å². The van der Waals surface area contributed by atoms with Crippen molar-refractivity contribution in [3.63, 3.8) is 0 Å². The third kappa shape index (κ3) is 3.98. The van der Waals surface area contributed by atoms with Crippen LogP contribution in [-0.2, 0) is 10.2 Å². The van der Waals surface area contributed by atoms with Gasteiger partial charge in [-0.3, -0.25) is 4.79 Å². The molecule has 1 atom stereocenters. The van der Waals surface area contributed by atoms with Crippen molar-refractivity contribution in [2.75, 3.05) is 10.7 Å². The number of aromatic nitrogens is 1. The average molecular weight is 473 g/mol. The Kier molecular flexibility index (Phi) is 5.58. The summed E-state index contributed by atoms with van der Waals surface area (Å²) in [7, 11) is 0. The maximum absolute atomic E-state index is 13.6. The first-order valence-corrected chi connectivity index (χ1v) is 13.1. The number of aryl methyl sites for hydroxylation is 1. The van der Waals surface area contributed by atoms with Crippen molar-refractivity contribution in [2.45, 2.75) is 49.4 Å². The normalized spacial score (nSPS) is 19.5. The van der Waals surface area contributed by atoms with E-state index >= 15 is 0 Å². The van der Waals surface area contributed by atoms with Crippen LogP contribution in [0.5, 0.6) is 0 Å². The lowest BCUT2D eigenvalue weighted by molar-refractivity contribution is -0.117. The van der Waals surface area contributed by atoms with E-state index in [0.29, 0.717) is 5.75 Å². The fourth-order valence-electron chi connectivity index (χ4n) is 5.25. The largest absolute Gasteiger partial charge is 0.306 e. The van der Waals surface area contributed by atoms with Gasteiger partial charge in [-0.25, -0.2) is 4.98 Å². The van der Waals surface area contributed by atoms with E-state index in [1.165, 1.54) is 28.5 Å². The number of carbonyl (C=O) groups excluding carboxylic acids is 1. The number of benzene rings is 3. The molecule has 1 aliphatic rings. The van der Waals surface area contributed by atoms with Crippen molar-refractivity contribution in [2.24, 2.45) is 0 Å². The van der Waals surface area contributed by atoms with Crippen molar-refractivity contribution in [1.29, 1.82) is 0 Å². The number of carbonyl (C=O) groups is 1. The lowest BCUT2D eigenvalue weighted by Gasteiger charge is -2.51. The summed E-state index contributed by atoms with van der Waals surface area (Å²) in [5.41, 5.74) is 5.30. The summed E-state index contributed by atoms with van der Waals surface area (Å²) in [6, 6.07) is 25.4. The van der Waals surface area contributed by atoms with E-state index in [1.54, 1.807) is 11.3 Å². The molecule has 5 rings (SSSR count). The number of thiazole rings is 1. The first kappa shape index (κ1) is 22.2. The van der Waals surface area contributed by atoms with Crippen LogP contribution in [0.2, 0.25) is 0 Å². The molecule has 0 saturated carbocycles. The van der Waals surface area contributed by atoms with E-state index < -0.39 is 0 Å². The molecule has 3 nitrogen and oxygen atoms in total. The van der Waals surface area contributed by atoms with Crippen molar-refractivity contribution in [1.82, 2.24) is 4.98 Å². The molecule has 0 unspecified atom stereocenters. The van der Waals surface area contributed by atoms with Crippen LogP contribution in [-0.4, -0.2) is 22.2 Å². The molecule has 3 aromatic carbocycles. The van der Waals surface area contributed by atoms with Crippen molar-refractivity contribution in [3.8, 4) is 0 Å². The molecule has 0 fully saturated rings. The van der Waals surface area contributed by atoms with Gasteiger partial charge in [-0.2, -0.15) is 0 Å². The van der Waals surface area contributed by atoms with Crippen LogP contribution in [0.1, 0.15) is 43.9 Å². The summed E-state index contributed by atoms with van der Waals surface area (Å²) in [6.07, 6.45) is 0.859. The molecular formula is C28H28N2OS2. The molecule has 1 aliphatic heterocycles. The number of thioether (sulfide) groups is 1. The molecule has 1 amide bonds. The Balaban J connectivity index is 1.47. The van der Waals surface area contributed by atoms with E-state index in [2.05, 4.69) is 76.2 Å². The van der Waals surface area contributed by atoms with Crippen LogP contribution in [0.15, 0.2) is 77.1 Å². The van der Waals surface area contributed by atoms with E-state index in [0.717, 1.165) is 26.7 Å². The Morgan fingerprint density at radius 3 is 2.45 bits per heavy atom. The molecule has 33 heavy (non-hydrogen) atoms. The number of hydrogen-bond donors (Lipinski definition) is 0. The quantitative estimate of drug-likeness (QED) is 0.294. The molecule has 0 saturated heterocycles. The first-order valence-electron chi connectivity index (χ1n) is 11.3. The third-order valence-corrected chi connectivity index (χ3v) is 8.83. The molecule has 0 radical (unpaired) electrons. The Morgan fingerprint density at radius 1 is 1.00 bits per heavy atom. The van der Waals surface area contributed by atoms with E-state index in [9.17, 15) is 4.79 Å². The monoisotopic (exact) mass is 472 g/mol. The highest BCUT2D eigenvalue weighted by Gasteiger charge is 2.47. The van der Waals surface area contributed by atoms with Crippen molar-refractivity contribution >= 4 is 44.9 Å². The topological polar surface area (TPSA) is 33.2 Å². The van der Waals surface area contributed by atoms with Crippen molar-refractivity contribution in [3.05, 3.63) is 89.5 Å². The molecule has 5 heteroatoms. The second-order valence-electron chi connectivity index (χ2n) is 9.67. The fourth-order valence-corrected chi connectivity index (χ4v) is 7.17. The number of amides is 1. The first-order chi connectivity index (χ1) is 15.8. The lowest BCUT2D eigenvalue weighted by atomic mass is 9.65. The summed E-state index contributed by atoms with van der Waals surface area (Å²) in [5.74, 6) is 0.501.